The number of hydrogen-bond acceptors (Lipinski definition) is 5. The van der Waals surface area contributed by atoms with Crippen LogP contribution in [0.25, 0.3) is 0 Å². The third kappa shape index (κ3) is 4.19. The number of aryl methyl sites for hydroxylation is 2. The van der Waals surface area contributed by atoms with E-state index in [-0.39, 0.29) is 12.2 Å². The van der Waals surface area contributed by atoms with E-state index in [1.165, 1.54) is 24.0 Å². The highest BCUT2D eigenvalue weighted by Crippen LogP contribution is 2.27. The Morgan fingerprint density at radius 3 is 2.36 bits per heavy atom. The number of fused-ring (bicyclic) bond motifs is 1. The molecule has 2 atom stereocenters. The third-order valence-corrected chi connectivity index (χ3v) is 3.67. The van der Waals surface area contributed by atoms with Crippen LogP contribution in [0.5, 0.6) is 5.75 Å². The fourth-order valence-corrected chi connectivity index (χ4v) is 2.56. The molecule has 0 unspecified atom stereocenters. The predicted molar refractivity (Wildman–Crippen MR) is 77.0 cm³/mol. The molecule has 22 heavy (non-hydrogen) atoms. The Labute approximate surface area is 127 Å². The van der Waals surface area contributed by atoms with Crippen LogP contribution in [-0.4, -0.2) is 52.6 Å². The largest absolute Gasteiger partial charge is 0.486 e. The maximum atomic E-state index is 9.66. The lowest BCUT2D eigenvalue weighted by molar-refractivity contribution is -0.159. The van der Waals surface area contributed by atoms with Crippen molar-refractivity contribution in [2.75, 3.05) is 13.1 Å². The monoisotopic (exact) mass is 309 g/mol. The number of rotatable bonds is 2. The summed E-state index contributed by atoms with van der Waals surface area (Å²) in [7, 11) is 0. The Balaban J connectivity index is 0.000000254. The third-order valence-electron chi connectivity index (χ3n) is 3.67. The van der Waals surface area contributed by atoms with Crippen molar-refractivity contribution in [2.45, 2.75) is 31.5 Å². The van der Waals surface area contributed by atoms with Crippen molar-refractivity contribution in [3.05, 3.63) is 29.3 Å². The van der Waals surface area contributed by atoms with Gasteiger partial charge in [0.15, 0.2) is 0 Å². The number of ether oxygens (including phenoxy) is 1. The van der Waals surface area contributed by atoms with Gasteiger partial charge in [-0.25, -0.2) is 9.59 Å². The minimum Gasteiger partial charge on any atom is -0.486 e. The van der Waals surface area contributed by atoms with E-state index in [9.17, 15) is 5.11 Å². The zero-order valence-electron chi connectivity index (χ0n) is 12.0. The number of aliphatic carboxylic acids is 2. The van der Waals surface area contributed by atoms with Crippen molar-refractivity contribution in [1.29, 1.82) is 0 Å². The molecular formula is C15H19NO6. The van der Waals surface area contributed by atoms with Crippen LogP contribution in [0.2, 0.25) is 0 Å². The first-order chi connectivity index (χ1) is 10.5. The van der Waals surface area contributed by atoms with E-state index in [2.05, 4.69) is 17.4 Å². The SMILES string of the molecule is O=C(O)C(=O)O.O[C@H]1CNC[C@@H]1Oc1ccc2c(c1)CCC2. The Morgan fingerprint density at radius 2 is 1.77 bits per heavy atom. The van der Waals surface area contributed by atoms with Crippen molar-refractivity contribution >= 4 is 11.9 Å². The van der Waals surface area contributed by atoms with Gasteiger partial charge in [-0.15, -0.1) is 0 Å². The average molecular weight is 309 g/mol. The lowest BCUT2D eigenvalue weighted by Crippen LogP contribution is -2.29. The first-order valence-corrected chi connectivity index (χ1v) is 7.11. The molecule has 1 aliphatic carbocycles. The molecule has 1 heterocycles. The minimum absolute atomic E-state index is 0.0977. The molecule has 1 aromatic carbocycles. The normalized spacial score (nSPS) is 22.4. The van der Waals surface area contributed by atoms with Crippen LogP contribution in [0.15, 0.2) is 18.2 Å². The number of carboxylic acid groups (broad SMARTS) is 2. The van der Waals surface area contributed by atoms with Gasteiger partial charge in [-0.2, -0.15) is 0 Å². The van der Waals surface area contributed by atoms with E-state index >= 15 is 0 Å². The molecule has 4 N–H and O–H groups in total. The Kier molecular flexibility index (Phi) is 5.35. The van der Waals surface area contributed by atoms with Crippen LogP contribution < -0.4 is 10.1 Å². The number of benzene rings is 1. The van der Waals surface area contributed by atoms with E-state index in [1.807, 2.05) is 6.07 Å². The highest BCUT2D eigenvalue weighted by molar-refractivity contribution is 6.27. The smallest absolute Gasteiger partial charge is 0.414 e. The van der Waals surface area contributed by atoms with Crippen molar-refractivity contribution in [1.82, 2.24) is 5.32 Å². The Hall–Kier alpha value is -2.12. The van der Waals surface area contributed by atoms with Gasteiger partial charge in [0.05, 0.1) is 0 Å². The lowest BCUT2D eigenvalue weighted by atomic mass is 10.1. The zero-order chi connectivity index (χ0) is 16.1. The summed E-state index contributed by atoms with van der Waals surface area (Å²) in [5.41, 5.74) is 2.87. The van der Waals surface area contributed by atoms with Crippen LogP contribution in [0, 0.1) is 0 Å². The van der Waals surface area contributed by atoms with E-state index in [1.54, 1.807) is 0 Å². The van der Waals surface area contributed by atoms with E-state index in [4.69, 9.17) is 24.5 Å². The van der Waals surface area contributed by atoms with Crippen LogP contribution in [0.1, 0.15) is 17.5 Å². The molecule has 1 aromatic rings. The van der Waals surface area contributed by atoms with Crippen molar-refractivity contribution in [2.24, 2.45) is 0 Å². The highest BCUT2D eigenvalue weighted by atomic mass is 16.5. The van der Waals surface area contributed by atoms with Gasteiger partial charge in [-0.1, -0.05) is 6.07 Å². The Bertz CT molecular complexity index is 547. The molecule has 0 aromatic heterocycles. The van der Waals surface area contributed by atoms with E-state index in [0.29, 0.717) is 6.54 Å². The lowest BCUT2D eigenvalue weighted by Gasteiger charge is -2.16. The average Bonchev–Trinajstić information content (AvgIpc) is 3.08. The minimum atomic E-state index is -1.82. The summed E-state index contributed by atoms with van der Waals surface area (Å²) < 4.78 is 5.80. The van der Waals surface area contributed by atoms with E-state index in [0.717, 1.165) is 18.7 Å². The van der Waals surface area contributed by atoms with Gasteiger partial charge in [0.1, 0.15) is 18.0 Å². The second-order valence-electron chi connectivity index (χ2n) is 5.28. The maximum Gasteiger partial charge on any atom is 0.414 e. The molecule has 0 radical (unpaired) electrons. The molecule has 3 rings (SSSR count). The quantitative estimate of drug-likeness (QED) is 0.570. The van der Waals surface area contributed by atoms with Gasteiger partial charge < -0.3 is 25.4 Å². The zero-order valence-corrected chi connectivity index (χ0v) is 12.0. The number of hydrogen-bond donors (Lipinski definition) is 4. The maximum absolute atomic E-state index is 9.66. The highest BCUT2D eigenvalue weighted by Gasteiger charge is 2.26. The predicted octanol–water partition coefficient (Wildman–Crippen LogP) is 0.0424. The second-order valence-corrected chi connectivity index (χ2v) is 5.28. The summed E-state index contributed by atoms with van der Waals surface area (Å²) in [5.74, 6) is -2.75. The van der Waals surface area contributed by atoms with Crippen LogP contribution in [0.4, 0.5) is 0 Å². The van der Waals surface area contributed by atoms with Gasteiger partial charge in [0.25, 0.3) is 0 Å². The molecule has 1 aliphatic heterocycles. The fourth-order valence-electron chi connectivity index (χ4n) is 2.56. The number of carboxylic acids is 2. The van der Waals surface area contributed by atoms with Crippen molar-refractivity contribution in [3.8, 4) is 5.75 Å². The Morgan fingerprint density at radius 1 is 1.09 bits per heavy atom. The summed E-state index contributed by atoms with van der Waals surface area (Å²) >= 11 is 0. The summed E-state index contributed by atoms with van der Waals surface area (Å²) in [6.45, 7) is 1.37. The van der Waals surface area contributed by atoms with Crippen molar-refractivity contribution in [3.63, 3.8) is 0 Å². The van der Waals surface area contributed by atoms with Gasteiger partial charge in [-0.05, 0) is 42.5 Å². The van der Waals surface area contributed by atoms with Gasteiger partial charge >= 0.3 is 11.9 Å². The number of β-amino-alcohol motifs (C(OH)–C–C–N with tert-alkyl or cyclic N) is 1. The summed E-state index contributed by atoms with van der Waals surface area (Å²) in [4.78, 5) is 18.2. The summed E-state index contributed by atoms with van der Waals surface area (Å²) in [6.07, 6.45) is 3.14. The molecule has 7 nitrogen and oxygen atoms in total. The molecular weight excluding hydrogens is 290 g/mol. The van der Waals surface area contributed by atoms with Crippen LogP contribution >= 0.6 is 0 Å². The van der Waals surface area contributed by atoms with Gasteiger partial charge in [-0.3, -0.25) is 0 Å². The van der Waals surface area contributed by atoms with Crippen molar-refractivity contribution < 1.29 is 29.6 Å². The molecule has 0 bridgehead atoms. The fraction of sp³-hybridized carbons (Fsp3) is 0.467. The van der Waals surface area contributed by atoms with E-state index < -0.39 is 11.9 Å². The molecule has 0 saturated carbocycles. The molecule has 0 amide bonds. The summed E-state index contributed by atoms with van der Waals surface area (Å²) in [6, 6.07) is 6.31. The van der Waals surface area contributed by atoms with Gasteiger partial charge in [0, 0.05) is 13.1 Å². The molecule has 7 heteroatoms. The number of aliphatic hydroxyl groups excluding tert-OH is 1. The molecule has 120 valence electrons. The molecule has 0 spiro atoms. The first kappa shape index (κ1) is 16.3. The molecule has 1 fully saturated rings. The molecule has 1 saturated heterocycles. The second kappa shape index (κ2) is 7.24. The topological polar surface area (TPSA) is 116 Å². The standard InChI is InChI=1S/C13H17NO2.C2H2O4/c15-12-7-14-8-13(12)16-11-5-4-9-2-1-3-10(9)6-11;3-1(4)2(5)6/h4-6,12-15H,1-3,7-8H2;(H,3,4)(H,5,6)/t12-,13-;/m0./s1. The van der Waals surface area contributed by atoms with Crippen LogP contribution in [-0.2, 0) is 22.4 Å². The number of aliphatic hydroxyl groups is 1. The van der Waals surface area contributed by atoms with Gasteiger partial charge in [0.2, 0.25) is 0 Å². The first-order valence-electron chi connectivity index (χ1n) is 7.11. The number of carbonyl (C=O) groups is 2. The van der Waals surface area contributed by atoms with Crippen LogP contribution in [0.3, 0.4) is 0 Å². The molecule has 2 aliphatic rings. The summed E-state index contributed by atoms with van der Waals surface area (Å²) in [5, 5.41) is 27.6. The number of nitrogens with one attached hydrogen (secondary N) is 1.